The van der Waals surface area contributed by atoms with E-state index in [1.165, 1.54) is 6.07 Å². The van der Waals surface area contributed by atoms with E-state index in [9.17, 15) is 8.42 Å². The van der Waals surface area contributed by atoms with E-state index < -0.39 is 9.84 Å². The number of halogens is 1. The highest BCUT2D eigenvalue weighted by Gasteiger charge is 2.15. The highest BCUT2D eigenvalue weighted by molar-refractivity contribution is 7.90. The minimum Gasteiger partial charge on any atom is -0.340 e. The molecule has 0 unspecified atom stereocenters. The van der Waals surface area contributed by atoms with Gasteiger partial charge in [-0.1, -0.05) is 22.8 Å². The van der Waals surface area contributed by atoms with Crippen LogP contribution < -0.4 is 5.32 Å². The molecule has 1 N–H and O–H groups in total. The third-order valence-electron chi connectivity index (χ3n) is 2.63. The highest BCUT2D eigenvalue weighted by Crippen LogP contribution is 2.23. The fourth-order valence-corrected chi connectivity index (χ4v) is 3.02. The van der Waals surface area contributed by atoms with Crippen molar-refractivity contribution in [3.63, 3.8) is 0 Å². The highest BCUT2D eigenvalue weighted by atomic mass is 35.5. The van der Waals surface area contributed by atoms with Crippen molar-refractivity contribution in [2.24, 2.45) is 0 Å². The zero-order valence-corrected chi connectivity index (χ0v) is 12.6. The predicted octanol–water partition coefficient (Wildman–Crippen LogP) is 1.72. The van der Waals surface area contributed by atoms with Gasteiger partial charge in [-0.15, -0.1) is 0 Å². The number of rotatable bonds is 5. The maximum absolute atomic E-state index is 11.7. The Kier molecular flexibility index (Phi) is 4.42. The summed E-state index contributed by atoms with van der Waals surface area (Å²) >= 11 is 6.07. The topological polar surface area (TPSA) is 85.1 Å². The number of hydrogen-bond donors (Lipinski definition) is 1. The summed E-state index contributed by atoms with van der Waals surface area (Å²) in [5.41, 5.74) is 0.539. The van der Waals surface area contributed by atoms with Gasteiger partial charge in [0.1, 0.15) is 0 Å². The van der Waals surface area contributed by atoms with E-state index in [2.05, 4.69) is 15.5 Å². The van der Waals surface area contributed by atoms with Gasteiger partial charge >= 0.3 is 0 Å². The van der Waals surface area contributed by atoms with Crippen molar-refractivity contribution in [3.8, 4) is 0 Å². The molecule has 0 bridgehead atoms. The van der Waals surface area contributed by atoms with Crippen LogP contribution in [0.2, 0.25) is 5.02 Å². The Morgan fingerprint density at radius 3 is 2.70 bits per heavy atom. The molecule has 0 aliphatic heterocycles. The molecule has 6 nitrogen and oxygen atoms in total. The fourth-order valence-electron chi connectivity index (χ4n) is 1.77. The van der Waals surface area contributed by atoms with Crippen LogP contribution in [0, 0.1) is 6.92 Å². The average molecular weight is 316 g/mol. The summed E-state index contributed by atoms with van der Waals surface area (Å²) in [5.74, 6) is 0.992. The van der Waals surface area contributed by atoms with E-state index in [1.54, 1.807) is 19.1 Å². The minimum absolute atomic E-state index is 0.224. The Morgan fingerprint density at radius 1 is 1.35 bits per heavy atom. The summed E-state index contributed by atoms with van der Waals surface area (Å²) in [6, 6.07) is 4.81. The van der Waals surface area contributed by atoms with Crippen LogP contribution in [0.3, 0.4) is 0 Å². The van der Waals surface area contributed by atoms with Crippen molar-refractivity contribution in [1.29, 1.82) is 0 Å². The number of nitrogens with zero attached hydrogens (tertiary/aromatic N) is 2. The van der Waals surface area contributed by atoms with Crippen LogP contribution in [0.25, 0.3) is 0 Å². The molecule has 0 spiro atoms. The molecule has 8 heteroatoms. The van der Waals surface area contributed by atoms with Gasteiger partial charge in [0.2, 0.25) is 5.89 Å². The van der Waals surface area contributed by atoms with Gasteiger partial charge in [0, 0.05) is 30.3 Å². The number of aryl methyl sites for hydroxylation is 1. The first kappa shape index (κ1) is 15.0. The van der Waals surface area contributed by atoms with Crippen molar-refractivity contribution < 1.29 is 12.9 Å². The standard InChI is InChI=1S/C12H14ClN3O3S/c1-8-15-12(16-19-8)7-14-6-9-10(13)4-3-5-11(9)20(2,17)18/h3-5,14H,6-7H2,1-2H3. The first-order valence-electron chi connectivity index (χ1n) is 5.85. The Morgan fingerprint density at radius 2 is 2.10 bits per heavy atom. The first-order valence-corrected chi connectivity index (χ1v) is 8.12. The van der Waals surface area contributed by atoms with Crippen LogP contribution in [0.5, 0.6) is 0 Å². The normalized spacial score (nSPS) is 11.8. The second-order valence-corrected chi connectivity index (χ2v) is 6.71. The van der Waals surface area contributed by atoms with E-state index in [0.717, 1.165) is 6.26 Å². The number of aromatic nitrogens is 2. The quantitative estimate of drug-likeness (QED) is 0.904. The molecular weight excluding hydrogens is 302 g/mol. The molecule has 0 atom stereocenters. The molecule has 0 fully saturated rings. The second-order valence-electron chi connectivity index (χ2n) is 4.32. The maximum atomic E-state index is 11.7. The van der Waals surface area contributed by atoms with Crippen LogP contribution in [0.15, 0.2) is 27.6 Å². The lowest BCUT2D eigenvalue weighted by Crippen LogP contribution is -2.16. The lowest BCUT2D eigenvalue weighted by molar-refractivity contribution is 0.385. The Balaban J connectivity index is 2.13. The molecular formula is C12H14ClN3O3S. The molecule has 20 heavy (non-hydrogen) atoms. The Hall–Kier alpha value is -1.44. The van der Waals surface area contributed by atoms with Gasteiger partial charge in [-0.2, -0.15) is 4.98 Å². The van der Waals surface area contributed by atoms with Crippen LogP contribution in [-0.4, -0.2) is 24.8 Å². The van der Waals surface area contributed by atoms with Crippen molar-refractivity contribution in [1.82, 2.24) is 15.5 Å². The van der Waals surface area contributed by atoms with Gasteiger partial charge in [0.25, 0.3) is 0 Å². The smallest absolute Gasteiger partial charge is 0.223 e. The SMILES string of the molecule is Cc1nc(CNCc2c(Cl)cccc2S(C)(=O)=O)no1. The predicted molar refractivity (Wildman–Crippen MR) is 74.1 cm³/mol. The Bertz CT molecular complexity index is 712. The van der Waals surface area contributed by atoms with Gasteiger partial charge in [-0.05, 0) is 12.1 Å². The van der Waals surface area contributed by atoms with Crippen LogP contribution in [0.1, 0.15) is 17.3 Å². The van der Waals surface area contributed by atoms with Crippen LogP contribution in [0.4, 0.5) is 0 Å². The van der Waals surface area contributed by atoms with Crippen LogP contribution >= 0.6 is 11.6 Å². The molecule has 108 valence electrons. The zero-order valence-electron chi connectivity index (χ0n) is 11.1. The van der Waals surface area contributed by atoms with Gasteiger partial charge in [0.05, 0.1) is 11.4 Å². The van der Waals surface area contributed by atoms with E-state index in [4.69, 9.17) is 16.1 Å². The fraction of sp³-hybridized carbons (Fsp3) is 0.333. The summed E-state index contributed by atoms with van der Waals surface area (Å²) in [4.78, 5) is 4.27. The molecule has 1 aromatic heterocycles. The average Bonchev–Trinajstić information content (AvgIpc) is 2.76. The molecule has 0 radical (unpaired) electrons. The molecule has 0 aliphatic carbocycles. The molecule has 1 heterocycles. The van der Waals surface area contributed by atoms with Crippen molar-refractivity contribution in [3.05, 3.63) is 40.5 Å². The monoisotopic (exact) mass is 315 g/mol. The van der Waals surface area contributed by atoms with Gasteiger partial charge in [-0.3, -0.25) is 0 Å². The molecule has 0 saturated heterocycles. The van der Waals surface area contributed by atoms with E-state index in [-0.39, 0.29) is 4.90 Å². The molecule has 0 saturated carbocycles. The molecule has 0 amide bonds. The number of hydrogen-bond acceptors (Lipinski definition) is 6. The van der Waals surface area contributed by atoms with Crippen LogP contribution in [-0.2, 0) is 22.9 Å². The Labute approximate surface area is 122 Å². The lowest BCUT2D eigenvalue weighted by atomic mass is 10.2. The summed E-state index contributed by atoms with van der Waals surface area (Å²) in [5, 5.41) is 7.20. The molecule has 2 rings (SSSR count). The lowest BCUT2D eigenvalue weighted by Gasteiger charge is -2.10. The molecule has 0 aliphatic rings. The summed E-state index contributed by atoms with van der Waals surface area (Å²) in [7, 11) is -3.32. The van der Waals surface area contributed by atoms with Crippen molar-refractivity contribution in [2.75, 3.05) is 6.26 Å². The summed E-state index contributed by atoms with van der Waals surface area (Å²) < 4.78 is 28.3. The first-order chi connectivity index (χ1) is 9.38. The number of benzene rings is 1. The third-order valence-corrected chi connectivity index (χ3v) is 4.17. The summed E-state index contributed by atoms with van der Waals surface area (Å²) in [6.07, 6.45) is 1.16. The van der Waals surface area contributed by atoms with E-state index in [0.29, 0.717) is 35.4 Å². The van der Waals surface area contributed by atoms with E-state index in [1.807, 2.05) is 0 Å². The van der Waals surface area contributed by atoms with E-state index >= 15 is 0 Å². The second kappa shape index (κ2) is 5.90. The molecule has 2 aromatic rings. The van der Waals surface area contributed by atoms with Gasteiger partial charge in [0.15, 0.2) is 15.7 Å². The van der Waals surface area contributed by atoms with Crippen molar-refractivity contribution in [2.45, 2.75) is 24.9 Å². The third kappa shape index (κ3) is 3.56. The molecule has 1 aromatic carbocycles. The number of nitrogens with one attached hydrogen (secondary N) is 1. The van der Waals surface area contributed by atoms with Crippen molar-refractivity contribution >= 4 is 21.4 Å². The minimum atomic E-state index is -3.32. The largest absolute Gasteiger partial charge is 0.340 e. The zero-order chi connectivity index (χ0) is 14.8. The van der Waals surface area contributed by atoms with Gasteiger partial charge < -0.3 is 9.84 Å². The maximum Gasteiger partial charge on any atom is 0.223 e. The van der Waals surface area contributed by atoms with Gasteiger partial charge in [-0.25, -0.2) is 8.42 Å². The summed E-state index contributed by atoms with van der Waals surface area (Å²) in [6.45, 7) is 2.37. The number of sulfone groups is 1.